The second-order valence-corrected chi connectivity index (χ2v) is 33.6. The van der Waals surface area contributed by atoms with E-state index in [-0.39, 0.29) is 0 Å². The van der Waals surface area contributed by atoms with Gasteiger partial charge < -0.3 is 27.4 Å². The number of aromatic nitrogens is 6. The Hall–Kier alpha value is -18.3. The van der Waals surface area contributed by atoms with Crippen LogP contribution in [-0.2, 0) is 0 Å². The van der Waals surface area contributed by atoms with Gasteiger partial charge in [-0.15, -0.1) is 0 Å². The molecule has 20 aromatic carbocycles. The summed E-state index contributed by atoms with van der Waals surface area (Å²) in [5, 5.41) is 42.7. The first-order valence-corrected chi connectivity index (χ1v) is 44.4. The van der Waals surface area contributed by atoms with Crippen LogP contribution in [0.3, 0.4) is 0 Å². The molecule has 132 heavy (non-hydrogen) atoms. The molecular weight excluding hydrogens is 1600 g/mol. The van der Waals surface area contributed by atoms with Gasteiger partial charge in [-0.3, -0.25) is 0 Å². The molecule has 9 nitrogen and oxygen atoms in total. The number of nitriles is 3. The molecule has 9 heteroatoms. The molecule has 0 spiro atoms. The second-order valence-electron chi connectivity index (χ2n) is 33.6. The van der Waals surface area contributed by atoms with E-state index in [1.54, 1.807) is 0 Å². The zero-order valence-corrected chi connectivity index (χ0v) is 71.5. The number of hydrogen-bond acceptors (Lipinski definition) is 3. The normalized spacial score (nSPS) is 11.5. The van der Waals surface area contributed by atoms with Gasteiger partial charge >= 0.3 is 0 Å². The summed E-state index contributed by atoms with van der Waals surface area (Å²) in [5.41, 5.74) is 34.6. The lowest BCUT2D eigenvalue weighted by Crippen LogP contribution is -1.94. The van der Waals surface area contributed by atoms with E-state index in [4.69, 9.17) is 0 Å². The van der Waals surface area contributed by atoms with Gasteiger partial charge in [-0.05, 0) is 256 Å². The molecule has 0 aliphatic rings. The molecule has 6 heterocycles. The first kappa shape index (κ1) is 77.3. The third-order valence-corrected chi connectivity index (χ3v) is 26.3. The Labute approximate surface area is 760 Å². The van der Waals surface area contributed by atoms with Crippen LogP contribution in [-0.4, -0.2) is 27.4 Å². The van der Waals surface area contributed by atoms with E-state index in [2.05, 4.69) is 476 Å². The summed E-state index contributed by atoms with van der Waals surface area (Å²) in [6, 6.07) is 172. The molecular formula is C123H77N9. The molecule has 614 valence electrons. The summed E-state index contributed by atoms with van der Waals surface area (Å²) < 4.78 is 13.9. The topological polar surface area (TPSA) is 101 Å². The lowest BCUT2D eigenvalue weighted by Gasteiger charge is -2.11. The highest BCUT2D eigenvalue weighted by Crippen LogP contribution is 2.44. The van der Waals surface area contributed by atoms with Crippen molar-refractivity contribution in [2.45, 2.75) is 0 Å². The van der Waals surface area contributed by atoms with Gasteiger partial charge in [-0.1, -0.05) is 267 Å². The highest BCUT2D eigenvalue weighted by molar-refractivity contribution is 6.16. The lowest BCUT2D eigenvalue weighted by molar-refractivity contribution is 1.18. The molecule has 0 atom stereocenters. The maximum absolute atomic E-state index is 9.51. The Morgan fingerprint density at radius 1 is 0.121 bits per heavy atom. The quantitative estimate of drug-likeness (QED) is 0.129. The summed E-state index contributed by atoms with van der Waals surface area (Å²) >= 11 is 0. The van der Waals surface area contributed by atoms with Crippen molar-refractivity contribution in [2.24, 2.45) is 0 Å². The fourth-order valence-corrected chi connectivity index (χ4v) is 20.1. The molecule has 26 rings (SSSR count). The van der Waals surface area contributed by atoms with E-state index in [1.165, 1.54) is 127 Å². The first-order valence-electron chi connectivity index (χ1n) is 44.4. The highest BCUT2D eigenvalue weighted by atomic mass is 15.0. The van der Waals surface area contributed by atoms with Crippen molar-refractivity contribution in [3.8, 4) is 108 Å². The molecule has 0 radical (unpaired) electrons. The van der Waals surface area contributed by atoms with Crippen molar-refractivity contribution >= 4 is 131 Å². The Kier molecular flexibility index (Phi) is 18.9. The number of rotatable bonds is 11. The minimum atomic E-state index is 0.673. The van der Waals surface area contributed by atoms with Crippen molar-refractivity contribution in [2.75, 3.05) is 0 Å². The van der Waals surface area contributed by atoms with Crippen molar-refractivity contribution in [3.63, 3.8) is 0 Å². The van der Waals surface area contributed by atoms with Crippen LogP contribution in [0.5, 0.6) is 0 Å². The molecule has 0 fully saturated rings. The van der Waals surface area contributed by atoms with E-state index >= 15 is 0 Å². The maximum Gasteiger partial charge on any atom is 0.0991 e. The minimum absolute atomic E-state index is 0.673. The summed E-state index contributed by atoms with van der Waals surface area (Å²) in [6.07, 6.45) is 0. The summed E-state index contributed by atoms with van der Waals surface area (Å²) in [5.74, 6) is 0. The van der Waals surface area contributed by atoms with Gasteiger partial charge in [0.25, 0.3) is 0 Å². The molecule has 0 aliphatic carbocycles. The third-order valence-electron chi connectivity index (χ3n) is 26.3. The Morgan fingerprint density at radius 3 is 0.591 bits per heavy atom. The summed E-state index contributed by atoms with van der Waals surface area (Å²) in [7, 11) is 0. The van der Waals surface area contributed by atoms with Crippen LogP contribution in [0.1, 0.15) is 16.7 Å². The van der Waals surface area contributed by atoms with Gasteiger partial charge in [0.05, 0.1) is 101 Å². The van der Waals surface area contributed by atoms with E-state index in [9.17, 15) is 15.8 Å². The van der Waals surface area contributed by atoms with Gasteiger partial charge in [0.15, 0.2) is 0 Å². The Balaban J connectivity index is 0.000000110. The molecule has 0 amide bonds. The summed E-state index contributed by atoms with van der Waals surface area (Å²) in [4.78, 5) is 0. The average molecular weight is 1680 g/mol. The van der Waals surface area contributed by atoms with Gasteiger partial charge in [-0.2, -0.15) is 15.8 Å². The zero-order chi connectivity index (χ0) is 87.9. The van der Waals surface area contributed by atoms with Gasteiger partial charge in [0.2, 0.25) is 0 Å². The molecule has 0 saturated heterocycles. The van der Waals surface area contributed by atoms with Crippen LogP contribution < -0.4 is 0 Å². The maximum atomic E-state index is 9.51. The fourth-order valence-electron chi connectivity index (χ4n) is 20.1. The smallest absolute Gasteiger partial charge is 0.0991 e. The molecule has 0 bridgehead atoms. The second kappa shape index (κ2) is 32.3. The Morgan fingerprint density at radius 2 is 0.303 bits per heavy atom. The van der Waals surface area contributed by atoms with Gasteiger partial charge in [0, 0.05) is 98.8 Å². The largest absolute Gasteiger partial charge is 0.309 e. The molecule has 0 aliphatic heterocycles. The molecule has 0 N–H and O–H groups in total. The predicted octanol–water partition coefficient (Wildman–Crippen LogP) is 31.6. The van der Waals surface area contributed by atoms with Crippen molar-refractivity contribution in [3.05, 3.63) is 484 Å². The number of hydrogen-bond donors (Lipinski definition) is 0. The lowest BCUT2D eigenvalue weighted by atomic mass is 10.0. The average Bonchev–Trinajstić information content (AvgIpc) is 1.57. The number of fused-ring (bicyclic) bond motifs is 18. The van der Waals surface area contributed by atoms with Crippen LogP contribution in [0.15, 0.2) is 467 Å². The molecule has 6 aromatic heterocycles. The van der Waals surface area contributed by atoms with Crippen LogP contribution in [0, 0.1) is 34.0 Å². The zero-order valence-electron chi connectivity index (χ0n) is 71.5. The van der Waals surface area contributed by atoms with Gasteiger partial charge in [-0.25, -0.2) is 0 Å². The third kappa shape index (κ3) is 13.2. The number of para-hydroxylation sites is 7. The van der Waals surface area contributed by atoms with Crippen LogP contribution in [0.25, 0.3) is 221 Å². The molecule has 26 aromatic rings. The highest BCUT2D eigenvalue weighted by Gasteiger charge is 2.22. The van der Waals surface area contributed by atoms with Crippen LogP contribution >= 0.6 is 0 Å². The SMILES string of the molecule is N#Cc1ccc2c(c1)c1ccccc1n2-c1ccc(-c2ccc3c(c2)c2ccccc2n3-c2ccc(-c3ccccc3)cc2)cc1.N#Cc1ccc2c(c1)c1ccccc1n2-c1ccc(-c2ccc3c(c2)c2ccccc2n3-c2cccc(-c3ccccc3)c2)cc1.N#Cc1ccc2c(c1)c1ccccc1n2-c1ccc(-c2ccc3c(c2)c2ccccc2n3-c2ccccc2)cc1. The Bertz CT molecular complexity index is 9200. The van der Waals surface area contributed by atoms with E-state index in [0.29, 0.717) is 16.7 Å². The van der Waals surface area contributed by atoms with Crippen molar-refractivity contribution < 1.29 is 0 Å². The van der Waals surface area contributed by atoms with E-state index in [0.717, 1.165) is 93.9 Å². The van der Waals surface area contributed by atoms with Crippen LogP contribution in [0.4, 0.5) is 0 Å². The van der Waals surface area contributed by atoms with Gasteiger partial charge in [0.1, 0.15) is 0 Å². The minimum Gasteiger partial charge on any atom is -0.309 e. The van der Waals surface area contributed by atoms with Crippen LogP contribution in [0.2, 0.25) is 0 Å². The fraction of sp³-hybridized carbons (Fsp3) is 0. The molecule has 0 unspecified atom stereocenters. The first-order chi connectivity index (χ1) is 65.3. The molecule has 0 saturated carbocycles. The predicted molar refractivity (Wildman–Crippen MR) is 547 cm³/mol. The summed E-state index contributed by atoms with van der Waals surface area (Å²) in [6.45, 7) is 0. The standard InChI is InChI=1S/2C43H27N3.C37H23N3/c44-28-29-17-23-42-38(25-29)36-13-4-6-15-40(36)45(42)34-21-18-31(19-22-34)33-20-24-43-39(27-33)37-14-5-7-16-41(37)46(43)35-12-8-11-32(26-35)30-9-2-1-3-10-30;44-28-29-14-24-42-38(26-29)36-10-4-6-12-40(36)45(42)35-22-17-32(18-23-35)33-19-25-43-39(27-33)37-11-5-7-13-41(37)46(43)34-20-15-31(16-21-34)30-8-2-1-3-9-30;38-24-25-14-20-36-32(22-25)30-10-4-6-12-34(30)40(36)29-18-15-26(16-19-29)27-17-21-37-33(23-27)31-11-5-7-13-35(31)39(37)28-8-2-1-3-9-28/h2*1-27H;1-23H. The van der Waals surface area contributed by atoms with E-state index in [1.807, 2.05) is 36.4 Å². The van der Waals surface area contributed by atoms with E-state index < -0.39 is 0 Å². The number of nitrogens with zero attached hydrogens (tertiary/aromatic N) is 9. The monoisotopic (exact) mass is 1680 g/mol. The number of benzene rings is 20. The van der Waals surface area contributed by atoms with Crippen molar-refractivity contribution in [1.29, 1.82) is 15.8 Å². The van der Waals surface area contributed by atoms with Crippen molar-refractivity contribution in [1.82, 2.24) is 27.4 Å².